The number of nitrogens with zero attached hydrogens (tertiary/aromatic N) is 3. The summed E-state index contributed by atoms with van der Waals surface area (Å²) in [5, 5.41) is 9.60. The highest BCUT2D eigenvalue weighted by atomic mass is 32.2. The Labute approximate surface area is 168 Å². The van der Waals surface area contributed by atoms with Gasteiger partial charge in [-0.3, -0.25) is 9.59 Å². The number of anilines is 1. The molecule has 0 spiro atoms. The van der Waals surface area contributed by atoms with E-state index in [1.54, 1.807) is 12.1 Å². The SMILES string of the molecule is Cc1ccc(N2C(=O)C[C@@H](Sc3nc4c(cc3C#N)CCCCC4)C2=O)cc1. The van der Waals surface area contributed by atoms with Gasteiger partial charge in [0.05, 0.1) is 16.5 Å². The number of benzene rings is 1. The Morgan fingerprint density at radius 3 is 2.64 bits per heavy atom. The number of amides is 2. The fraction of sp³-hybridized carbons (Fsp3) is 0.364. The second kappa shape index (κ2) is 7.76. The fourth-order valence-electron chi connectivity index (χ4n) is 3.76. The zero-order chi connectivity index (χ0) is 19.7. The summed E-state index contributed by atoms with van der Waals surface area (Å²) >= 11 is 1.25. The Balaban J connectivity index is 1.60. The van der Waals surface area contributed by atoms with Gasteiger partial charge in [0.1, 0.15) is 11.1 Å². The smallest absolute Gasteiger partial charge is 0.247 e. The number of thioether (sulfide) groups is 1. The Morgan fingerprint density at radius 2 is 1.89 bits per heavy atom. The Hall–Kier alpha value is -2.65. The van der Waals surface area contributed by atoms with Gasteiger partial charge in [0.2, 0.25) is 11.8 Å². The third-order valence-corrected chi connectivity index (χ3v) is 6.47. The lowest BCUT2D eigenvalue weighted by atomic mass is 10.1. The molecule has 6 heteroatoms. The first-order valence-electron chi connectivity index (χ1n) is 9.60. The molecular weight excluding hydrogens is 370 g/mol. The average Bonchev–Trinajstić information content (AvgIpc) is 2.85. The molecule has 1 aliphatic carbocycles. The summed E-state index contributed by atoms with van der Waals surface area (Å²) in [5.74, 6) is -0.445. The first kappa shape index (κ1) is 18.7. The van der Waals surface area contributed by atoms with Crippen molar-refractivity contribution in [1.82, 2.24) is 4.98 Å². The Kier molecular flexibility index (Phi) is 5.19. The van der Waals surface area contributed by atoms with Gasteiger partial charge >= 0.3 is 0 Å². The van der Waals surface area contributed by atoms with E-state index >= 15 is 0 Å². The third-order valence-electron chi connectivity index (χ3n) is 5.29. The van der Waals surface area contributed by atoms with Crippen LogP contribution < -0.4 is 4.90 Å². The summed E-state index contributed by atoms with van der Waals surface area (Å²) in [4.78, 5) is 31.4. The number of carbonyl (C=O) groups excluding carboxylic acids is 2. The molecule has 142 valence electrons. The van der Waals surface area contributed by atoms with Crippen LogP contribution in [0.3, 0.4) is 0 Å². The maximum absolute atomic E-state index is 12.9. The number of rotatable bonds is 3. The Morgan fingerprint density at radius 1 is 1.14 bits per heavy atom. The minimum absolute atomic E-state index is 0.126. The van der Waals surface area contributed by atoms with E-state index in [1.165, 1.54) is 23.1 Å². The van der Waals surface area contributed by atoms with Gasteiger partial charge in [0.25, 0.3) is 0 Å². The molecule has 0 bridgehead atoms. The molecule has 2 amide bonds. The van der Waals surface area contributed by atoms with Crippen molar-refractivity contribution in [3.8, 4) is 6.07 Å². The number of imide groups is 1. The molecule has 0 N–H and O–H groups in total. The molecule has 0 radical (unpaired) electrons. The van der Waals surface area contributed by atoms with Gasteiger partial charge in [-0.1, -0.05) is 35.9 Å². The van der Waals surface area contributed by atoms with Crippen molar-refractivity contribution in [2.75, 3.05) is 4.90 Å². The van der Waals surface area contributed by atoms with Crippen LogP contribution in [0.2, 0.25) is 0 Å². The molecule has 4 rings (SSSR count). The molecule has 0 saturated carbocycles. The minimum atomic E-state index is -0.544. The maximum atomic E-state index is 12.9. The van der Waals surface area contributed by atoms with E-state index in [2.05, 4.69) is 6.07 Å². The molecule has 2 aliphatic rings. The van der Waals surface area contributed by atoms with Gasteiger partial charge in [-0.2, -0.15) is 5.26 Å². The lowest BCUT2D eigenvalue weighted by Crippen LogP contribution is -2.31. The van der Waals surface area contributed by atoms with E-state index in [1.807, 2.05) is 25.1 Å². The molecule has 0 unspecified atom stereocenters. The molecule has 28 heavy (non-hydrogen) atoms. The fourth-order valence-corrected chi connectivity index (χ4v) is 4.85. The van der Waals surface area contributed by atoms with Crippen molar-refractivity contribution in [3.63, 3.8) is 0 Å². The standard InChI is InChI=1S/C22H21N3O2S/c1-14-7-9-17(10-8-14)25-20(26)12-19(22(25)27)28-21-16(13-23)11-15-5-3-2-4-6-18(15)24-21/h7-11,19H,2-6,12H2,1H3/t19-/m1/s1. The normalized spacial score (nSPS) is 19.3. The van der Waals surface area contributed by atoms with Gasteiger partial charge in [-0.25, -0.2) is 9.88 Å². The van der Waals surface area contributed by atoms with Gasteiger partial charge < -0.3 is 0 Å². The van der Waals surface area contributed by atoms with Gasteiger partial charge in [-0.15, -0.1) is 0 Å². The summed E-state index contributed by atoms with van der Waals surface area (Å²) in [6, 6.07) is 11.5. The molecule has 1 atom stereocenters. The lowest BCUT2D eigenvalue weighted by Gasteiger charge is -2.15. The molecule has 1 saturated heterocycles. The van der Waals surface area contributed by atoms with Crippen molar-refractivity contribution in [2.24, 2.45) is 0 Å². The highest BCUT2D eigenvalue weighted by molar-refractivity contribution is 8.00. The van der Waals surface area contributed by atoms with Gasteiger partial charge in [0, 0.05) is 12.1 Å². The second-order valence-corrected chi connectivity index (χ2v) is 8.52. The summed E-state index contributed by atoms with van der Waals surface area (Å²) < 4.78 is 0. The highest BCUT2D eigenvalue weighted by Gasteiger charge is 2.40. The van der Waals surface area contributed by atoms with Crippen LogP contribution in [0, 0.1) is 18.3 Å². The van der Waals surface area contributed by atoms with Crippen LogP contribution in [0.25, 0.3) is 0 Å². The van der Waals surface area contributed by atoms with E-state index in [0.29, 0.717) is 16.3 Å². The topological polar surface area (TPSA) is 74.1 Å². The summed E-state index contributed by atoms with van der Waals surface area (Å²) in [6.45, 7) is 1.96. The zero-order valence-corrected chi connectivity index (χ0v) is 16.6. The average molecular weight is 391 g/mol. The molecule has 2 heterocycles. The second-order valence-electron chi connectivity index (χ2n) is 7.33. The number of carbonyl (C=O) groups is 2. The van der Waals surface area contributed by atoms with Crippen LogP contribution in [0.4, 0.5) is 5.69 Å². The zero-order valence-electron chi connectivity index (χ0n) is 15.8. The molecule has 1 fully saturated rings. The number of aryl methyl sites for hydroxylation is 3. The predicted molar refractivity (Wildman–Crippen MR) is 108 cm³/mol. The number of pyridine rings is 1. The monoisotopic (exact) mass is 391 g/mol. The molecule has 1 aromatic heterocycles. The molecule has 2 aromatic rings. The van der Waals surface area contributed by atoms with E-state index in [9.17, 15) is 14.9 Å². The van der Waals surface area contributed by atoms with E-state index in [-0.39, 0.29) is 18.2 Å². The summed E-state index contributed by atoms with van der Waals surface area (Å²) in [6.07, 6.45) is 5.36. The van der Waals surface area contributed by atoms with Crippen LogP contribution in [0.1, 0.15) is 48.1 Å². The van der Waals surface area contributed by atoms with Crippen molar-refractivity contribution in [1.29, 1.82) is 5.26 Å². The van der Waals surface area contributed by atoms with Crippen molar-refractivity contribution in [3.05, 3.63) is 52.7 Å². The highest BCUT2D eigenvalue weighted by Crippen LogP contribution is 2.36. The quantitative estimate of drug-likeness (QED) is 0.585. The van der Waals surface area contributed by atoms with Crippen LogP contribution in [-0.4, -0.2) is 22.0 Å². The van der Waals surface area contributed by atoms with Crippen molar-refractivity contribution in [2.45, 2.75) is 55.7 Å². The van der Waals surface area contributed by atoms with Crippen molar-refractivity contribution < 1.29 is 9.59 Å². The van der Waals surface area contributed by atoms with E-state index in [4.69, 9.17) is 4.98 Å². The first-order chi connectivity index (χ1) is 13.6. The lowest BCUT2D eigenvalue weighted by molar-refractivity contribution is -0.121. The molecule has 1 aliphatic heterocycles. The number of hydrogen-bond donors (Lipinski definition) is 0. The number of nitriles is 1. The van der Waals surface area contributed by atoms with Crippen LogP contribution in [0.15, 0.2) is 35.4 Å². The van der Waals surface area contributed by atoms with Crippen molar-refractivity contribution >= 4 is 29.3 Å². The van der Waals surface area contributed by atoms with Crippen LogP contribution in [-0.2, 0) is 22.4 Å². The number of fused-ring (bicyclic) bond motifs is 1. The minimum Gasteiger partial charge on any atom is -0.274 e. The molecule has 5 nitrogen and oxygen atoms in total. The largest absolute Gasteiger partial charge is 0.274 e. The Bertz CT molecular complexity index is 979. The molecular formula is C22H21N3O2S. The van der Waals surface area contributed by atoms with Gasteiger partial charge in [0.15, 0.2) is 0 Å². The number of aromatic nitrogens is 1. The summed E-state index contributed by atoms with van der Waals surface area (Å²) in [5.41, 5.74) is 4.35. The first-order valence-corrected chi connectivity index (χ1v) is 10.5. The van der Waals surface area contributed by atoms with E-state index in [0.717, 1.165) is 42.5 Å². The van der Waals surface area contributed by atoms with Crippen LogP contribution in [0.5, 0.6) is 0 Å². The van der Waals surface area contributed by atoms with Gasteiger partial charge in [-0.05, 0) is 56.4 Å². The molecule has 1 aromatic carbocycles. The summed E-state index contributed by atoms with van der Waals surface area (Å²) in [7, 11) is 0. The van der Waals surface area contributed by atoms with E-state index < -0.39 is 5.25 Å². The van der Waals surface area contributed by atoms with Crippen LogP contribution >= 0.6 is 11.8 Å². The third kappa shape index (κ3) is 3.55. The predicted octanol–water partition coefficient (Wildman–Crippen LogP) is 3.95. The maximum Gasteiger partial charge on any atom is 0.247 e. The number of hydrogen-bond acceptors (Lipinski definition) is 5.